The number of rotatable bonds is 6. The average Bonchev–Trinajstić information content (AvgIpc) is 3.11. The highest BCUT2D eigenvalue weighted by atomic mass is 32.1. The molecule has 5 nitrogen and oxygen atoms in total. The number of allylic oxidation sites excluding steroid dienone is 3. The number of hydrogen-bond acceptors (Lipinski definition) is 5. The van der Waals surface area contributed by atoms with Gasteiger partial charge in [0.1, 0.15) is 11.4 Å². The van der Waals surface area contributed by atoms with E-state index in [0.717, 1.165) is 16.1 Å². The fourth-order valence-electron chi connectivity index (χ4n) is 3.49. The number of carbonyl (C=O) groups excluding carboxylic acids is 1. The Balaban J connectivity index is 1.88. The number of nitrogens with one attached hydrogen (secondary N) is 1. The smallest absolute Gasteiger partial charge is 0.274 e. The molecule has 1 aliphatic carbocycles. The molecule has 1 aliphatic rings. The van der Waals surface area contributed by atoms with Gasteiger partial charge in [-0.2, -0.15) is 0 Å². The van der Waals surface area contributed by atoms with Crippen molar-refractivity contribution in [3.8, 4) is 5.75 Å². The zero-order valence-electron chi connectivity index (χ0n) is 16.7. The van der Waals surface area contributed by atoms with Gasteiger partial charge in [0.2, 0.25) is 0 Å². The molecule has 0 radical (unpaired) electrons. The second kappa shape index (κ2) is 9.15. The number of thiazole rings is 1. The van der Waals surface area contributed by atoms with Crippen LogP contribution in [0.4, 0.5) is 5.69 Å². The Hall–Kier alpha value is -2.47. The third kappa shape index (κ3) is 4.50. The van der Waals surface area contributed by atoms with E-state index in [1.54, 1.807) is 30.6 Å². The van der Waals surface area contributed by atoms with Gasteiger partial charge in [-0.15, -0.1) is 11.3 Å². The van der Waals surface area contributed by atoms with Gasteiger partial charge < -0.3 is 10.1 Å². The summed E-state index contributed by atoms with van der Waals surface area (Å²) in [4.78, 5) is 21.2. The van der Waals surface area contributed by atoms with Crippen LogP contribution in [-0.2, 0) is 4.79 Å². The van der Waals surface area contributed by atoms with Crippen LogP contribution >= 0.6 is 11.3 Å². The number of anilines is 1. The largest absolute Gasteiger partial charge is 0.494 e. The van der Waals surface area contributed by atoms with Gasteiger partial charge in [0, 0.05) is 12.0 Å². The Morgan fingerprint density at radius 3 is 2.75 bits per heavy atom. The van der Waals surface area contributed by atoms with Crippen LogP contribution in [0.5, 0.6) is 5.75 Å². The molecule has 0 bridgehead atoms. The topological polar surface area (TPSA) is 63.6 Å². The first kappa shape index (κ1) is 20.3. The van der Waals surface area contributed by atoms with Crippen LogP contribution in [0, 0.1) is 5.92 Å². The number of amides is 1. The number of nitrogens with zero attached hydrogens (tertiary/aromatic N) is 2. The molecule has 0 atom stereocenters. The maximum Gasteiger partial charge on any atom is 0.274 e. The lowest BCUT2D eigenvalue weighted by Crippen LogP contribution is -2.13. The standard InChI is InChI=1S/C22H27N3O2S/c1-5-6-7-16(23-3)21(26)24-17-13-20-18(12-19(17)27-4)25-22(28-20)15-10-8-14(2)9-11-15/h5-7,12-15H,3,8-11H2,1-2,4H3,(H,24,26)/b6-5-,16-7-. The highest BCUT2D eigenvalue weighted by molar-refractivity contribution is 7.18. The minimum atomic E-state index is -0.322. The Labute approximate surface area is 170 Å². The third-order valence-electron chi connectivity index (χ3n) is 5.19. The summed E-state index contributed by atoms with van der Waals surface area (Å²) in [5.41, 5.74) is 1.78. The molecule has 3 rings (SSSR count). The Bertz CT molecular complexity index is 921. The first-order valence-corrected chi connectivity index (χ1v) is 10.5. The van der Waals surface area contributed by atoms with Gasteiger partial charge >= 0.3 is 0 Å². The van der Waals surface area contributed by atoms with E-state index in [-0.39, 0.29) is 11.6 Å². The Morgan fingerprint density at radius 2 is 2.11 bits per heavy atom. The van der Waals surface area contributed by atoms with E-state index < -0.39 is 0 Å². The Kier molecular flexibility index (Phi) is 6.62. The molecule has 6 heteroatoms. The first-order chi connectivity index (χ1) is 13.5. The van der Waals surface area contributed by atoms with Gasteiger partial charge in [0.15, 0.2) is 0 Å². The van der Waals surface area contributed by atoms with Crippen LogP contribution in [0.15, 0.2) is 41.1 Å². The molecular weight excluding hydrogens is 370 g/mol. The average molecular weight is 398 g/mol. The van der Waals surface area contributed by atoms with Gasteiger partial charge in [0.05, 0.1) is 28.0 Å². The molecule has 0 unspecified atom stereocenters. The fourth-order valence-corrected chi connectivity index (χ4v) is 4.65. The van der Waals surface area contributed by atoms with E-state index in [1.165, 1.54) is 30.7 Å². The van der Waals surface area contributed by atoms with Crippen molar-refractivity contribution in [1.82, 2.24) is 4.98 Å². The van der Waals surface area contributed by atoms with E-state index in [0.29, 0.717) is 17.4 Å². The number of benzene rings is 1. The minimum Gasteiger partial charge on any atom is -0.494 e. The van der Waals surface area contributed by atoms with Crippen molar-refractivity contribution in [3.05, 3.63) is 41.1 Å². The van der Waals surface area contributed by atoms with E-state index in [9.17, 15) is 4.79 Å². The lowest BCUT2D eigenvalue weighted by atomic mass is 9.83. The summed E-state index contributed by atoms with van der Waals surface area (Å²) >= 11 is 1.71. The summed E-state index contributed by atoms with van der Waals surface area (Å²) < 4.78 is 6.54. The zero-order valence-corrected chi connectivity index (χ0v) is 17.5. The van der Waals surface area contributed by atoms with Crippen molar-refractivity contribution in [3.63, 3.8) is 0 Å². The molecule has 0 aliphatic heterocycles. The molecule has 1 amide bonds. The zero-order chi connectivity index (χ0) is 20.1. The summed E-state index contributed by atoms with van der Waals surface area (Å²) in [5.74, 6) is 1.62. The quantitative estimate of drug-likeness (QED) is 0.386. The molecule has 0 saturated heterocycles. The van der Waals surface area contributed by atoms with Gasteiger partial charge in [-0.05, 0) is 44.5 Å². The second-order valence-corrected chi connectivity index (χ2v) is 8.28. The van der Waals surface area contributed by atoms with E-state index >= 15 is 0 Å². The summed E-state index contributed by atoms with van der Waals surface area (Å²) in [6.45, 7) is 7.68. The molecule has 1 aromatic carbocycles. The summed E-state index contributed by atoms with van der Waals surface area (Å²) in [6, 6.07) is 3.84. The lowest BCUT2D eigenvalue weighted by molar-refractivity contribution is -0.112. The van der Waals surface area contributed by atoms with Crippen LogP contribution in [0.25, 0.3) is 10.2 Å². The number of aromatic nitrogens is 1. The molecule has 1 saturated carbocycles. The predicted octanol–water partition coefficient (Wildman–Crippen LogP) is 5.70. The highest BCUT2D eigenvalue weighted by Gasteiger charge is 2.23. The lowest BCUT2D eigenvalue weighted by Gasteiger charge is -2.24. The summed E-state index contributed by atoms with van der Waals surface area (Å²) in [6.07, 6.45) is 10.1. The number of hydrogen-bond donors (Lipinski definition) is 1. The van der Waals surface area contributed by atoms with Gasteiger partial charge in [-0.25, -0.2) is 4.98 Å². The Morgan fingerprint density at radius 1 is 1.36 bits per heavy atom. The monoisotopic (exact) mass is 397 g/mol. The molecular formula is C22H27N3O2S. The molecule has 1 N–H and O–H groups in total. The minimum absolute atomic E-state index is 0.251. The van der Waals surface area contributed by atoms with Crippen molar-refractivity contribution in [1.29, 1.82) is 0 Å². The molecule has 0 spiro atoms. The van der Waals surface area contributed by atoms with Crippen LogP contribution in [0.1, 0.15) is 50.5 Å². The number of fused-ring (bicyclic) bond motifs is 1. The van der Waals surface area contributed by atoms with E-state index in [1.807, 2.05) is 25.1 Å². The number of ether oxygens (including phenoxy) is 1. The number of aliphatic imine (C=N–C) groups is 1. The van der Waals surface area contributed by atoms with Crippen LogP contribution in [0.2, 0.25) is 0 Å². The molecule has 28 heavy (non-hydrogen) atoms. The van der Waals surface area contributed by atoms with Gasteiger partial charge in [0.25, 0.3) is 5.91 Å². The first-order valence-electron chi connectivity index (χ1n) is 9.65. The van der Waals surface area contributed by atoms with Crippen molar-refractivity contribution in [2.75, 3.05) is 12.4 Å². The van der Waals surface area contributed by atoms with Crippen LogP contribution in [0.3, 0.4) is 0 Å². The fraction of sp³-hybridized carbons (Fsp3) is 0.409. The van der Waals surface area contributed by atoms with Crippen molar-refractivity contribution in [2.24, 2.45) is 10.9 Å². The van der Waals surface area contributed by atoms with Crippen LogP contribution in [-0.4, -0.2) is 24.7 Å². The van der Waals surface area contributed by atoms with Crippen molar-refractivity contribution in [2.45, 2.75) is 45.4 Å². The van der Waals surface area contributed by atoms with Crippen molar-refractivity contribution < 1.29 is 9.53 Å². The van der Waals surface area contributed by atoms with E-state index in [2.05, 4.69) is 24.0 Å². The SMILES string of the molecule is C=N/C(=C\C=C/C)C(=O)Nc1cc2sc(C3CCC(C)CC3)nc2cc1OC. The van der Waals surface area contributed by atoms with E-state index in [4.69, 9.17) is 9.72 Å². The third-order valence-corrected chi connectivity index (χ3v) is 6.37. The molecule has 1 fully saturated rings. The predicted molar refractivity (Wildman–Crippen MR) is 118 cm³/mol. The highest BCUT2D eigenvalue weighted by Crippen LogP contribution is 2.40. The number of methoxy groups -OCH3 is 1. The maximum absolute atomic E-state index is 12.5. The maximum atomic E-state index is 12.5. The van der Waals surface area contributed by atoms with Crippen molar-refractivity contribution >= 4 is 39.9 Å². The summed E-state index contributed by atoms with van der Waals surface area (Å²) in [7, 11) is 1.59. The molecule has 1 aromatic heterocycles. The number of carbonyl (C=O) groups is 1. The normalized spacial score (nSPS) is 20.5. The van der Waals surface area contributed by atoms with Crippen LogP contribution < -0.4 is 10.1 Å². The van der Waals surface area contributed by atoms with Gasteiger partial charge in [-0.3, -0.25) is 9.79 Å². The second-order valence-electron chi connectivity index (χ2n) is 7.22. The molecule has 2 aromatic rings. The molecule has 148 valence electrons. The van der Waals surface area contributed by atoms with Gasteiger partial charge in [-0.1, -0.05) is 31.9 Å². The molecule has 1 heterocycles. The summed E-state index contributed by atoms with van der Waals surface area (Å²) in [5, 5.41) is 4.08.